The Morgan fingerprint density at radius 2 is 2.06 bits per heavy atom. The van der Waals surface area contributed by atoms with Crippen LogP contribution in [0, 0.1) is 16.0 Å². The van der Waals surface area contributed by atoms with E-state index in [1.807, 2.05) is 4.90 Å². The molecule has 11 nitrogen and oxygen atoms in total. The average molecular weight is 429 g/mol. The van der Waals surface area contributed by atoms with Gasteiger partial charge < -0.3 is 24.0 Å². The van der Waals surface area contributed by atoms with Crippen molar-refractivity contribution in [2.75, 3.05) is 43.3 Å². The molecule has 11 heteroatoms. The summed E-state index contributed by atoms with van der Waals surface area (Å²) in [5.41, 5.74) is 0.461. The van der Waals surface area contributed by atoms with Gasteiger partial charge in [-0.3, -0.25) is 14.9 Å². The Hall–Kier alpha value is -3.63. The van der Waals surface area contributed by atoms with E-state index in [-0.39, 0.29) is 30.2 Å². The molecule has 2 aromatic rings. The summed E-state index contributed by atoms with van der Waals surface area (Å²) in [7, 11) is 1.70. The largest absolute Gasteiger partial charge is 0.466 e. The normalized spacial score (nSPS) is 15.6. The molecule has 4 rings (SSSR count). The first kappa shape index (κ1) is 20.6. The van der Waals surface area contributed by atoms with Crippen molar-refractivity contribution < 1.29 is 23.9 Å². The standard InChI is InChI=1S/C20H23N5O6/c1-3-29-19(26)13-6-8-24(9-7-13)20-21-11-15(25(27)28)18(22-20)23(2)14-4-5-16-17(10-14)31-12-30-16/h4-5,10-11,13H,3,6-9,12H2,1-2H3. The van der Waals surface area contributed by atoms with Crippen LogP contribution in [0.1, 0.15) is 19.8 Å². The SMILES string of the molecule is CCOC(=O)C1CCN(c2ncc([N+](=O)[O-])c(N(C)c3ccc4c(c3)OCO4)n2)CC1. The number of esters is 1. The van der Waals surface area contributed by atoms with Crippen LogP contribution in [0.2, 0.25) is 0 Å². The number of fused-ring (bicyclic) bond motifs is 1. The fourth-order valence-electron chi connectivity index (χ4n) is 3.68. The zero-order valence-corrected chi connectivity index (χ0v) is 17.3. The van der Waals surface area contributed by atoms with Crippen molar-refractivity contribution in [1.29, 1.82) is 0 Å². The third-order valence-electron chi connectivity index (χ3n) is 5.39. The first-order chi connectivity index (χ1) is 15.0. The summed E-state index contributed by atoms with van der Waals surface area (Å²) in [5, 5.41) is 11.6. The van der Waals surface area contributed by atoms with Crippen molar-refractivity contribution in [2.45, 2.75) is 19.8 Å². The number of piperidine rings is 1. The van der Waals surface area contributed by atoms with Gasteiger partial charge in [-0.15, -0.1) is 0 Å². The van der Waals surface area contributed by atoms with Crippen molar-refractivity contribution in [2.24, 2.45) is 5.92 Å². The lowest BCUT2D eigenvalue weighted by Crippen LogP contribution is -2.38. The fourth-order valence-corrected chi connectivity index (χ4v) is 3.68. The summed E-state index contributed by atoms with van der Waals surface area (Å²) in [4.78, 5) is 35.3. The molecular formula is C20H23N5O6. The fraction of sp³-hybridized carbons (Fsp3) is 0.450. The number of benzene rings is 1. The van der Waals surface area contributed by atoms with Crippen LogP contribution in [0.3, 0.4) is 0 Å². The molecule has 0 spiro atoms. The third kappa shape index (κ3) is 4.16. The number of aromatic nitrogens is 2. The van der Waals surface area contributed by atoms with Gasteiger partial charge >= 0.3 is 11.7 Å². The molecule has 2 aliphatic rings. The Kier molecular flexibility index (Phi) is 5.74. The maximum Gasteiger partial charge on any atom is 0.330 e. The molecule has 164 valence electrons. The van der Waals surface area contributed by atoms with Gasteiger partial charge in [0.05, 0.1) is 17.4 Å². The van der Waals surface area contributed by atoms with Crippen LogP contribution in [-0.4, -0.2) is 54.4 Å². The number of ether oxygens (including phenoxy) is 3. The minimum absolute atomic E-state index is 0.141. The Morgan fingerprint density at radius 1 is 1.32 bits per heavy atom. The van der Waals surface area contributed by atoms with Gasteiger partial charge in [-0.2, -0.15) is 4.98 Å². The number of carbonyl (C=O) groups is 1. The predicted octanol–water partition coefficient (Wildman–Crippen LogP) is 2.66. The molecule has 2 aliphatic heterocycles. The summed E-state index contributed by atoms with van der Waals surface area (Å²) < 4.78 is 15.8. The zero-order chi connectivity index (χ0) is 22.0. The van der Waals surface area contributed by atoms with Crippen LogP contribution in [-0.2, 0) is 9.53 Å². The van der Waals surface area contributed by atoms with E-state index in [0.29, 0.717) is 55.7 Å². The van der Waals surface area contributed by atoms with Crippen molar-refractivity contribution in [1.82, 2.24) is 9.97 Å². The highest BCUT2D eigenvalue weighted by molar-refractivity contribution is 5.73. The van der Waals surface area contributed by atoms with E-state index in [0.717, 1.165) is 0 Å². The van der Waals surface area contributed by atoms with Crippen LogP contribution in [0.25, 0.3) is 0 Å². The Labute approximate surface area is 178 Å². The molecule has 1 aromatic carbocycles. The number of hydrogen-bond acceptors (Lipinski definition) is 10. The molecule has 0 aliphatic carbocycles. The minimum atomic E-state index is -0.504. The van der Waals surface area contributed by atoms with E-state index in [2.05, 4.69) is 9.97 Å². The van der Waals surface area contributed by atoms with E-state index in [1.54, 1.807) is 37.1 Å². The Bertz CT molecular complexity index is 992. The lowest BCUT2D eigenvalue weighted by Gasteiger charge is -2.31. The highest BCUT2D eigenvalue weighted by atomic mass is 16.7. The second-order valence-corrected chi connectivity index (χ2v) is 7.25. The number of nitro groups is 1. The van der Waals surface area contributed by atoms with Gasteiger partial charge in [-0.25, -0.2) is 4.98 Å². The first-order valence-corrected chi connectivity index (χ1v) is 10.0. The van der Waals surface area contributed by atoms with Gasteiger partial charge in [0, 0.05) is 31.9 Å². The first-order valence-electron chi connectivity index (χ1n) is 10.0. The van der Waals surface area contributed by atoms with Crippen LogP contribution >= 0.6 is 0 Å². The molecule has 3 heterocycles. The van der Waals surface area contributed by atoms with Crippen LogP contribution in [0.4, 0.5) is 23.1 Å². The summed E-state index contributed by atoms with van der Waals surface area (Å²) >= 11 is 0. The van der Waals surface area contributed by atoms with Gasteiger partial charge in [0.1, 0.15) is 6.20 Å². The van der Waals surface area contributed by atoms with E-state index in [4.69, 9.17) is 14.2 Å². The van der Waals surface area contributed by atoms with E-state index in [9.17, 15) is 14.9 Å². The van der Waals surface area contributed by atoms with Gasteiger partial charge in [-0.1, -0.05) is 0 Å². The van der Waals surface area contributed by atoms with Crippen molar-refractivity contribution in [3.05, 3.63) is 34.5 Å². The molecular weight excluding hydrogens is 406 g/mol. The molecule has 0 radical (unpaired) electrons. The van der Waals surface area contributed by atoms with Crippen LogP contribution < -0.4 is 19.3 Å². The molecule has 1 fully saturated rings. The summed E-state index contributed by atoms with van der Waals surface area (Å²) in [6.07, 6.45) is 2.46. The molecule has 31 heavy (non-hydrogen) atoms. The monoisotopic (exact) mass is 429 g/mol. The minimum Gasteiger partial charge on any atom is -0.466 e. The number of carbonyl (C=O) groups excluding carboxylic acids is 1. The number of hydrogen-bond donors (Lipinski definition) is 0. The second kappa shape index (κ2) is 8.62. The Balaban J connectivity index is 1.57. The van der Waals surface area contributed by atoms with Gasteiger partial charge in [-0.05, 0) is 31.9 Å². The number of anilines is 3. The highest BCUT2D eigenvalue weighted by Gasteiger charge is 2.29. The molecule has 1 aromatic heterocycles. The Morgan fingerprint density at radius 3 is 2.77 bits per heavy atom. The maximum absolute atomic E-state index is 12.0. The van der Waals surface area contributed by atoms with Crippen molar-refractivity contribution >= 4 is 29.1 Å². The summed E-state index contributed by atoms with van der Waals surface area (Å²) in [5.74, 6) is 1.42. The maximum atomic E-state index is 12.0. The van der Waals surface area contributed by atoms with Crippen molar-refractivity contribution in [3.63, 3.8) is 0 Å². The molecule has 1 saturated heterocycles. The predicted molar refractivity (Wildman–Crippen MR) is 111 cm³/mol. The third-order valence-corrected chi connectivity index (χ3v) is 5.39. The van der Waals surface area contributed by atoms with Crippen LogP contribution in [0.15, 0.2) is 24.4 Å². The van der Waals surface area contributed by atoms with E-state index in [1.165, 1.54) is 6.20 Å². The second-order valence-electron chi connectivity index (χ2n) is 7.25. The number of rotatable bonds is 6. The highest BCUT2D eigenvalue weighted by Crippen LogP contribution is 2.38. The smallest absolute Gasteiger partial charge is 0.330 e. The molecule has 0 N–H and O–H groups in total. The van der Waals surface area contributed by atoms with E-state index >= 15 is 0 Å². The van der Waals surface area contributed by atoms with Gasteiger partial charge in [0.2, 0.25) is 18.6 Å². The average Bonchev–Trinajstić information content (AvgIpc) is 3.26. The van der Waals surface area contributed by atoms with Crippen LogP contribution in [0.5, 0.6) is 11.5 Å². The van der Waals surface area contributed by atoms with Crippen molar-refractivity contribution in [3.8, 4) is 11.5 Å². The lowest BCUT2D eigenvalue weighted by molar-refractivity contribution is -0.384. The van der Waals surface area contributed by atoms with E-state index < -0.39 is 4.92 Å². The summed E-state index contributed by atoms with van der Waals surface area (Å²) in [6, 6.07) is 5.28. The molecule has 0 bridgehead atoms. The quantitative estimate of drug-likeness (QED) is 0.385. The summed E-state index contributed by atoms with van der Waals surface area (Å²) in [6.45, 7) is 3.42. The van der Waals surface area contributed by atoms with Gasteiger partial charge in [0.25, 0.3) is 0 Å². The molecule has 0 saturated carbocycles. The number of nitrogens with zero attached hydrogens (tertiary/aromatic N) is 5. The lowest BCUT2D eigenvalue weighted by atomic mass is 9.97. The molecule has 0 amide bonds. The zero-order valence-electron chi connectivity index (χ0n) is 17.3. The molecule has 0 unspecified atom stereocenters. The van der Waals surface area contributed by atoms with Gasteiger partial charge in [0.15, 0.2) is 11.5 Å². The molecule has 0 atom stereocenters. The topological polar surface area (TPSA) is 120 Å².